The molecule has 1 atom stereocenters. The van der Waals surface area contributed by atoms with E-state index in [0.717, 1.165) is 6.42 Å². The molecule has 16 heavy (non-hydrogen) atoms. The van der Waals surface area contributed by atoms with E-state index in [4.69, 9.17) is 0 Å². The van der Waals surface area contributed by atoms with Crippen LogP contribution in [-0.4, -0.2) is 17.7 Å². The molecule has 0 aliphatic rings. The fraction of sp³-hybridized carbons (Fsp3) is 0.667. The average molecular weight is 214 g/mol. The SMILES string of the molecule is CCCCC(CC(=O)C(=O)[O-])C(=O)[O-].[Li+].[Li+]. The third-order valence-corrected chi connectivity index (χ3v) is 1.90. The number of hydrogen-bond acceptors (Lipinski definition) is 5. The normalized spacial score (nSPS) is 10.6. The van der Waals surface area contributed by atoms with Gasteiger partial charge in [-0.15, -0.1) is 0 Å². The van der Waals surface area contributed by atoms with Gasteiger partial charge in [0.2, 0.25) is 0 Å². The van der Waals surface area contributed by atoms with E-state index in [2.05, 4.69) is 0 Å². The first-order valence-electron chi connectivity index (χ1n) is 4.44. The molecule has 0 aromatic carbocycles. The zero-order chi connectivity index (χ0) is 11.1. The third-order valence-electron chi connectivity index (χ3n) is 1.90. The molecule has 0 saturated carbocycles. The van der Waals surface area contributed by atoms with Gasteiger partial charge < -0.3 is 19.8 Å². The van der Waals surface area contributed by atoms with Crippen LogP contribution in [0.5, 0.6) is 0 Å². The van der Waals surface area contributed by atoms with Gasteiger partial charge in [0.25, 0.3) is 0 Å². The first kappa shape index (κ1) is 21.1. The van der Waals surface area contributed by atoms with Crippen molar-refractivity contribution in [1.29, 1.82) is 0 Å². The summed E-state index contributed by atoms with van der Waals surface area (Å²) in [4.78, 5) is 31.2. The van der Waals surface area contributed by atoms with E-state index in [1.165, 1.54) is 0 Å². The maximum absolute atomic E-state index is 10.7. The summed E-state index contributed by atoms with van der Waals surface area (Å²) in [5.74, 6) is -5.42. The molecule has 0 N–H and O–H groups in total. The maximum Gasteiger partial charge on any atom is 1.00 e. The average Bonchev–Trinajstić information content (AvgIpc) is 2.10. The minimum Gasteiger partial charge on any atom is -0.550 e. The van der Waals surface area contributed by atoms with Gasteiger partial charge in [0.15, 0.2) is 5.78 Å². The Labute approximate surface area is 118 Å². The molecule has 0 spiro atoms. The number of carboxylic acid groups (broad SMARTS) is 2. The van der Waals surface area contributed by atoms with Gasteiger partial charge >= 0.3 is 37.7 Å². The molecular weight excluding hydrogens is 202 g/mol. The number of rotatable bonds is 7. The van der Waals surface area contributed by atoms with Gasteiger partial charge in [0.1, 0.15) is 5.97 Å². The summed E-state index contributed by atoms with van der Waals surface area (Å²) in [7, 11) is 0. The van der Waals surface area contributed by atoms with Crippen LogP contribution in [0.15, 0.2) is 0 Å². The summed E-state index contributed by atoms with van der Waals surface area (Å²) >= 11 is 0. The Morgan fingerprint density at radius 2 is 1.62 bits per heavy atom. The summed E-state index contributed by atoms with van der Waals surface area (Å²) < 4.78 is 0. The first-order valence-corrected chi connectivity index (χ1v) is 4.44. The smallest absolute Gasteiger partial charge is 0.550 e. The molecule has 0 aromatic heterocycles. The van der Waals surface area contributed by atoms with Crippen LogP contribution in [0.2, 0.25) is 0 Å². The van der Waals surface area contributed by atoms with Crippen LogP contribution in [-0.2, 0) is 14.4 Å². The molecule has 7 heteroatoms. The minimum atomic E-state index is -1.84. The fourth-order valence-electron chi connectivity index (χ4n) is 1.06. The van der Waals surface area contributed by atoms with Crippen LogP contribution in [0, 0.1) is 5.92 Å². The van der Waals surface area contributed by atoms with Gasteiger partial charge in [-0.3, -0.25) is 4.79 Å². The van der Waals surface area contributed by atoms with Crippen LogP contribution in [0.4, 0.5) is 0 Å². The van der Waals surface area contributed by atoms with Gasteiger partial charge in [-0.1, -0.05) is 19.8 Å². The number of Topliss-reactive ketones (excluding diaryl/α,β-unsaturated/α-hetero) is 1. The van der Waals surface area contributed by atoms with Crippen molar-refractivity contribution in [3.05, 3.63) is 0 Å². The summed E-state index contributed by atoms with van der Waals surface area (Å²) in [5, 5.41) is 20.5. The van der Waals surface area contributed by atoms with Crippen molar-refractivity contribution in [2.24, 2.45) is 5.92 Å². The molecule has 5 nitrogen and oxygen atoms in total. The zero-order valence-corrected chi connectivity index (χ0v) is 9.95. The molecule has 80 valence electrons. The summed E-state index contributed by atoms with van der Waals surface area (Å²) in [5.41, 5.74) is 0. The van der Waals surface area contributed by atoms with Crippen molar-refractivity contribution in [3.63, 3.8) is 0 Å². The summed E-state index contributed by atoms with van der Waals surface area (Å²) in [6.45, 7) is 1.87. The number of carbonyl (C=O) groups is 3. The second-order valence-electron chi connectivity index (χ2n) is 3.07. The number of hydrogen-bond donors (Lipinski definition) is 0. The van der Waals surface area contributed by atoms with E-state index in [9.17, 15) is 24.6 Å². The Balaban J connectivity index is -0.000000845. The molecule has 0 saturated heterocycles. The number of carboxylic acids is 2. The number of aliphatic carboxylic acids is 2. The Kier molecular flexibility index (Phi) is 14.9. The van der Waals surface area contributed by atoms with E-state index >= 15 is 0 Å². The van der Waals surface area contributed by atoms with Crippen LogP contribution in [0.3, 0.4) is 0 Å². The Bertz CT molecular complexity index is 242. The van der Waals surface area contributed by atoms with E-state index in [-0.39, 0.29) is 44.1 Å². The summed E-state index contributed by atoms with van der Waals surface area (Å²) in [6, 6.07) is 0. The molecule has 0 heterocycles. The van der Waals surface area contributed by atoms with Crippen molar-refractivity contribution in [2.75, 3.05) is 0 Å². The monoisotopic (exact) mass is 214 g/mol. The molecule has 1 unspecified atom stereocenters. The second-order valence-corrected chi connectivity index (χ2v) is 3.07. The fourth-order valence-corrected chi connectivity index (χ4v) is 1.06. The van der Waals surface area contributed by atoms with Crippen molar-refractivity contribution in [3.8, 4) is 0 Å². The van der Waals surface area contributed by atoms with Crippen molar-refractivity contribution >= 4 is 17.7 Å². The molecular formula is C9H12Li2O5. The number of carbonyl (C=O) groups excluding carboxylic acids is 3. The Hall–Kier alpha value is -0.195. The molecule has 0 aromatic rings. The maximum atomic E-state index is 10.7. The number of ketones is 1. The van der Waals surface area contributed by atoms with Gasteiger partial charge in [-0.2, -0.15) is 0 Å². The molecule has 0 rings (SSSR count). The topological polar surface area (TPSA) is 97.3 Å². The largest absolute Gasteiger partial charge is 1.00 e. The quantitative estimate of drug-likeness (QED) is 0.309. The van der Waals surface area contributed by atoms with Crippen molar-refractivity contribution in [1.82, 2.24) is 0 Å². The van der Waals surface area contributed by atoms with Gasteiger partial charge in [0, 0.05) is 18.3 Å². The molecule has 0 bridgehead atoms. The standard InChI is InChI=1S/C9H14O5.2Li/c1-2-3-4-6(8(11)12)5-7(10)9(13)14;;/h6H,2-5H2,1H3,(H,11,12)(H,13,14);;/q;2*+1/p-2. The van der Waals surface area contributed by atoms with E-state index in [1.54, 1.807) is 0 Å². The predicted octanol–water partition coefficient (Wildman–Crippen LogP) is -7.74. The molecule has 0 aliphatic heterocycles. The number of unbranched alkanes of at least 4 members (excludes halogenated alkanes) is 1. The first-order chi connectivity index (χ1) is 6.49. The molecule has 0 amide bonds. The Morgan fingerprint density at radius 1 is 1.12 bits per heavy atom. The van der Waals surface area contributed by atoms with E-state index in [1.807, 2.05) is 6.92 Å². The predicted molar refractivity (Wildman–Crippen MR) is 42.7 cm³/mol. The van der Waals surface area contributed by atoms with Crippen molar-refractivity contribution in [2.45, 2.75) is 32.6 Å². The molecule has 0 aliphatic carbocycles. The van der Waals surface area contributed by atoms with Crippen LogP contribution in [0.25, 0.3) is 0 Å². The Morgan fingerprint density at radius 3 is 1.94 bits per heavy atom. The van der Waals surface area contributed by atoms with Crippen LogP contribution >= 0.6 is 0 Å². The minimum absolute atomic E-state index is 0. The van der Waals surface area contributed by atoms with Crippen LogP contribution < -0.4 is 47.9 Å². The van der Waals surface area contributed by atoms with E-state index in [0.29, 0.717) is 6.42 Å². The molecule has 0 radical (unpaired) electrons. The van der Waals surface area contributed by atoms with Crippen LogP contribution in [0.1, 0.15) is 32.6 Å². The zero-order valence-electron chi connectivity index (χ0n) is 9.95. The van der Waals surface area contributed by atoms with Gasteiger partial charge in [0.05, 0.1) is 0 Å². The van der Waals surface area contributed by atoms with E-state index < -0.39 is 30.1 Å². The third kappa shape index (κ3) is 9.06. The second kappa shape index (κ2) is 11.3. The van der Waals surface area contributed by atoms with Crippen molar-refractivity contribution < 1.29 is 62.3 Å². The molecule has 0 fully saturated rings. The summed E-state index contributed by atoms with van der Waals surface area (Å²) in [6.07, 6.45) is 1.13. The van der Waals surface area contributed by atoms with Gasteiger partial charge in [-0.25, -0.2) is 0 Å². The van der Waals surface area contributed by atoms with Gasteiger partial charge in [-0.05, 0) is 6.42 Å².